The Balaban J connectivity index is 2.09. The zero-order valence-electron chi connectivity index (χ0n) is 17.3. The first-order valence-electron chi connectivity index (χ1n) is 10.1. The minimum Gasteiger partial charge on any atom is -0.507 e. The fourth-order valence-corrected chi connectivity index (χ4v) is 3.84. The second-order valence-corrected chi connectivity index (χ2v) is 7.30. The van der Waals surface area contributed by atoms with Gasteiger partial charge in [-0.15, -0.1) is 0 Å². The van der Waals surface area contributed by atoms with E-state index in [9.17, 15) is 14.7 Å². The van der Waals surface area contributed by atoms with Crippen LogP contribution in [-0.4, -0.2) is 52.8 Å². The second-order valence-electron chi connectivity index (χ2n) is 7.30. The Labute approximate surface area is 172 Å². The molecule has 152 valence electrons. The monoisotopic (exact) mass is 392 g/mol. The molecule has 0 saturated carbocycles. The van der Waals surface area contributed by atoms with E-state index >= 15 is 0 Å². The molecule has 1 saturated heterocycles. The lowest BCUT2D eigenvalue weighted by atomic mass is 9.94. The smallest absolute Gasteiger partial charge is 0.295 e. The number of carbonyl (C=O) groups excluding carboxylic acids is 2. The van der Waals surface area contributed by atoms with Crippen molar-refractivity contribution in [3.05, 3.63) is 76.9 Å². The number of carbonyl (C=O) groups is 2. The van der Waals surface area contributed by atoms with E-state index in [1.165, 1.54) is 0 Å². The molecule has 1 atom stereocenters. The number of aliphatic hydroxyl groups excluding tert-OH is 1. The van der Waals surface area contributed by atoms with Gasteiger partial charge in [0, 0.05) is 18.7 Å². The highest BCUT2D eigenvalue weighted by Gasteiger charge is 2.45. The Morgan fingerprint density at radius 2 is 1.72 bits per heavy atom. The molecular weight excluding hydrogens is 364 g/mol. The highest BCUT2D eigenvalue weighted by molar-refractivity contribution is 6.46. The van der Waals surface area contributed by atoms with Gasteiger partial charge in [-0.2, -0.15) is 0 Å². The molecule has 0 spiro atoms. The van der Waals surface area contributed by atoms with Crippen LogP contribution in [0.3, 0.4) is 0 Å². The SMILES string of the molecule is CCN(CC)CCN1C(=O)C(=O)/C(=C(\O)c2ccccc2)C1c1cccc(C)c1. The molecule has 5 heteroatoms. The van der Waals surface area contributed by atoms with Crippen molar-refractivity contribution in [3.8, 4) is 0 Å². The van der Waals surface area contributed by atoms with E-state index in [-0.39, 0.29) is 11.3 Å². The number of likely N-dealkylation sites (tertiary alicyclic amines) is 1. The van der Waals surface area contributed by atoms with Crippen LogP contribution in [0.1, 0.15) is 36.6 Å². The van der Waals surface area contributed by atoms with Crippen LogP contribution in [0.2, 0.25) is 0 Å². The van der Waals surface area contributed by atoms with E-state index in [1.807, 2.05) is 37.3 Å². The Morgan fingerprint density at radius 1 is 1.03 bits per heavy atom. The third-order valence-corrected chi connectivity index (χ3v) is 5.50. The van der Waals surface area contributed by atoms with Crippen molar-refractivity contribution < 1.29 is 14.7 Å². The fraction of sp³-hybridized carbons (Fsp3) is 0.333. The lowest BCUT2D eigenvalue weighted by Gasteiger charge is -2.28. The van der Waals surface area contributed by atoms with Gasteiger partial charge in [0.25, 0.3) is 11.7 Å². The normalized spacial score (nSPS) is 18.6. The number of aryl methyl sites for hydroxylation is 1. The summed E-state index contributed by atoms with van der Waals surface area (Å²) in [5.41, 5.74) is 2.57. The molecule has 1 unspecified atom stereocenters. The van der Waals surface area contributed by atoms with E-state index in [0.29, 0.717) is 18.7 Å². The van der Waals surface area contributed by atoms with Crippen LogP contribution in [-0.2, 0) is 9.59 Å². The second kappa shape index (κ2) is 9.05. The average Bonchev–Trinajstić information content (AvgIpc) is 2.99. The number of nitrogens with zero attached hydrogens (tertiary/aromatic N) is 2. The molecule has 5 nitrogen and oxygen atoms in total. The van der Waals surface area contributed by atoms with Crippen molar-refractivity contribution >= 4 is 17.4 Å². The highest BCUT2D eigenvalue weighted by Crippen LogP contribution is 2.39. The molecule has 1 N–H and O–H groups in total. The number of Topliss-reactive ketones (excluding diaryl/α,β-unsaturated/α-hetero) is 1. The van der Waals surface area contributed by atoms with Crippen LogP contribution in [0.5, 0.6) is 0 Å². The number of likely N-dealkylation sites (N-methyl/N-ethyl adjacent to an activating group) is 1. The van der Waals surface area contributed by atoms with Crippen molar-refractivity contribution in [1.29, 1.82) is 0 Å². The number of aliphatic hydroxyl groups is 1. The molecule has 1 heterocycles. The highest BCUT2D eigenvalue weighted by atomic mass is 16.3. The Morgan fingerprint density at radius 3 is 2.34 bits per heavy atom. The predicted molar refractivity (Wildman–Crippen MR) is 114 cm³/mol. The number of hydrogen-bond donors (Lipinski definition) is 1. The molecule has 1 amide bonds. The number of amides is 1. The average molecular weight is 392 g/mol. The molecule has 2 aromatic carbocycles. The van der Waals surface area contributed by atoms with E-state index in [1.54, 1.807) is 29.2 Å². The standard InChI is InChI=1S/C24H28N2O3/c1-4-25(5-2)14-15-26-21(19-13-9-10-17(3)16-19)20(23(28)24(26)29)22(27)18-11-7-6-8-12-18/h6-13,16,21,27H,4-5,14-15H2,1-3H3/b22-20-. The number of hydrogen-bond acceptors (Lipinski definition) is 4. The molecule has 0 aliphatic carbocycles. The van der Waals surface area contributed by atoms with Gasteiger partial charge in [0.05, 0.1) is 11.6 Å². The molecule has 1 fully saturated rings. The summed E-state index contributed by atoms with van der Waals surface area (Å²) >= 11 is 0. The predicted octanol–water partition coefficient (Wildman–Crippen LogP) is 3.76. The number of benzene rings is 2. The maximum Gasteiger partial charge on any atom is 0.295 e. The Kier molecular flexibility index (Phi) is 6.49. The van der Waals surface area contributed by atoms with E-state index in [0.717, 1.165) is 24.2 Å². The fourth-order valence-electron chi connectivity index (χ4n) is 3.84. The van der Waals surface area contributed by atoms with Crippen molar-refractivity contribution in [1.82, 2.24) is 9.80 Å². The van der Waals surface area contributed by atoms with Crippen molar-refractivity contribution in [2.24, 2.45) is 0 Å². The molecule has 0 bridgehead atoms. The summed E-state index contributed by atoms with van der Waals surface area (Å²) in [4.78, 5) is 29.7. The zero-order chi connectivity index (χ0) is 21.0. The van der Waals surface area contributed by atoms with Gasteiger partial charge >= 0.3 is 0 Å². The maximum absolute atomic E-state index is 13.0. The summed E-state index contributed by atoms with van der Waals surface area (Å²) in [5.74, 6) is -1.31. The molecular formula is C24H28N2O3. The summed E-state index contributed by atoms with van der Waals surface area (Å²) in [6.45, 7) is 8.97. The van der Waals surface area contributed by atoms with Crippen LogP contribution in [0, 0.1) is 6.92 Å². The topological polar surface area (TPSA) is 60.9 Å². The maximum atomic E-state index is 13.0. The van der Waals surface area contributed by atoms with Gasteiger partial charge in [-0.05, 0) is 25.6 Å². The summed E-state index contributed by atoms with van der Waals surface area (Å²) in [7, 11) is 0. The van der Waals surface area contributed by atoms with Gasteiger partial charge in [-0.3, -0.25) is 9.59 Å². The zero-order valence-corrected chi connectivity index (χ0v) is 17.3. The first-order chi connectivity index (χ1) is 14.0. The van der Waals surface area contributed by atoms with E-state index < -0.39 is 17.7 Å². The molecule has 0 radical (unpaired) electrons. The molecule has 2 aromatic rings. The summed E-state index contributed by atoms with van der Waals surface area (Å²) in [6, 6.07) is 16.1. The first-order valence-corrected chi connectivity index (χ1v) is 10.1. The largest absolute Gasteiger partial charge is 0.507 e. The van der Waals surface area contributed by atoms with Crippen LogP contribution in [0.25, 0.3) is 5.76 Å². The quantitative estimate of drug-likeness (QED) is 0.443. The lowest BCUT2D eigenvalue weighted by molar-refractivity contribution is -0.140. The summed E-state index contributed by atoms with van der Waals surface area (Å²) in [5, 5.41) is 11.0. The Hall–Kier alpha value is -2.92. The van der Waals surface area contributed by atoms with Gasteiger partial charge in [0.15, 0.2) is 0 Å². The van der Waals surface area contributed by atoms with Crippen LogP contribution < -0.4 is 0 Å². The molecule has 1 aliphatic rings. The first kappa shape index (κ1) is 20.8. The minimum absolute atomic E-state index is 0.124. The summed E-state index contributed by atoms with van der Waals surface area (Å²) < 4.78 is 0. The van der Waals surface area contributed by atoms with Crippen LogP contribution >= 0.6 is 0 Å². The van der Waals surface area contributed by atoms with Gasteiger partial charge in [0.1, 0.15) is 5.76 Å². The van der Waals surface area contributed by atoms with Gasteiger partial charge in [0.2, 0.25) is 0 Å². The van der Waals surface area contributed by atoms with Crippen molar-refractivity contribution in [2.45, 2.75) is 26.8 Å². The summed E-state index contributed by atoms with van der Waals surface area (Å²) in [6.07, 6.45) is 0. The number of ketones is 1. The third kappa shape index (κ3) is 4.25. The lowest BCUT2D eigenvalue weighted by Crippen LogP contribution is -2.38. The van der Waals surface area contributed by atoms with Gasteiger partial charge in [-0.1, -0.05) is 74.0 Å². The van der Waals surface area contributed by atoms with Gasteiger partial charge in [-0.25, -0.2) is 0 Å². The minimum atomic E-state index is -0.627. The molecule has 3 rings (SSSR count). The van der Waals surface area contributed by atoms with E-state index in [2.05, 4.69) is 18.7 Å². The third-order valence-electron chi connectivity index (χ3n) is 5.50. The van der Waals surface area contributed by atoms with Crippen molar-refractivity contribution in [2.75, 3.05) is 26.2 Å². The Bertz CT molecular complexity index is 917. The molecule has 1 aliphatic heterocycles. The molecule has 29 heavy (non-hydrogen) atoms. The number of rotatable bonds is 7. The van der Waals surface area contributed by atoms with Crippen LogP contribution in [0.15, 0.2) is 60.2 Å². The van der Waals surface area contributed by atoms with Gasteiger partial charge < -0.3 is 14.9 Å². The van der Waals surface area contributed by atoms with Crippen molar-refractivity contribution in [3.63, 3.8) is 0 Å². The van der Waals surface area contributed by atoms with Crippen LogP contribution in [0.4, 0.5) is 0 Å². The van der Waals surface area contributed by atoms with E-state index in [4.69, 9.17) is 0 Å². The molecule has 0 aromatic heterocycles.